The van der Waals surface area contributed by atoms with E-state index in [2.05, 4.69) is 78.9 Å². The molecule has 50 heavy (non-hydrogen) atoms. The molecule has 232 valence electrons. The second kappa shape index (κ2) is 10.3. The van der Waals surface area contributed by atoms with Gasteiger partial charge in [0.2, 0.25) is 0 Å². The Kier molecular flexibility index (Phi) is 5.60. The molecule has 3 aromatic heterocycles. The van der Waals surface area contributed by atoms with Gasteiger partial charge < -0.3 is 8.83 Å². The molecule has 0 bridgehead atoms. The molecule has 11 rings (SSSR count). The molecule has 0 N–H and O–H groups in total. The fraction of sp³-hybridized carbons (Fsp3) is 0. The average Bonchev–Trinajstić information content (AvgIpc) is 3.76. The predicted octanol–water partition coefficient (Wildman–Crippen LogP) is 12.1. The minimum atomic E-state index is 0.602. The standard InChI is InChI=1S/C45H25N3O2/c1-2-9-27(10-3-1)43-46-44(48-45(47-43)36-13-8-16-39-41(36)35-12-5-7-15-38(35)49-39)29-20-21-30-28(25-29)18-17-26-19-22-34-32(40(26)30)23-24-33-31-11-4-6-14-37(31)50-42(33)34/h1-25H. The van der Waals surface area contributed by atoms with Crippen molar-refractivity contribution in [3.8, 4) is 34.2 Å². The molecule has 0 unspecified atom stereocenters. The molecule has 0 saturated carbocycles. The van der Waals surface area contributed by atoms with Crippen LogP contribution in [0.25, 0.3) is 110 Å². The molecule has 3 heterocycles. The zero-order chi connectivity index (χ0) is 32.8. The first kappa shape index (κ1) is 27.1. The molecule has 0 amide bonds. The van der Waals surface area contributed by atoms with Crippen LogP contribution in [0.15, 0.2) is 160 Å². The zero-order valence-corrected chi connectivity index (χ0v) is 26.6. The number of fused-ring (bicyclic) bond motifs is 12. The van der Waals surface area contributed by atoms with Crippen molar-refractivity contribution in [2.45, 2.75) is 0 Å². The maximum atomic E-state index is 6.42. The summed E-state index contributed by atoms with van der Waals surface area (Å²) < 4.78 is 12.6. The van der Waals surface area contributed by atoms with E-state index in [9.17, 15) is 0 Å². The van der Waals surface area contributed by atoms with Gasteiger partial charge in [-0.05, 0) is 63.3 Å². The summed E-state index contributed by atoms with van der Waals surface area (Å²) in [5.74, 6) is 1.84. The molecule has 5 nitrogen and oxygen atoms in total. The van der Waals surface area contributed by atoms with Crippen LogP contribution in [0.1, 0.15) is 0 Å². The summed E-state index contributed by atoms with van der Waals surface area (Å²) in [6, 6.07) is 52.2. The van der Waals surface area contributed by atoms with E-state index in [0.29, 0.717) is 17.5 Å². The Morgan fingerprint density at radius 2 is 0.960 bits per heavy atom. The van der Waals surface area contributed by atoms with Gasteiger partial charge in [-0.15, -0.1) is 0 Å². The van der Waals surface area contributed by atoms with E-state index in [1.54, 1.807) is 0 Å². The van der Waals surface area contributed by atoms with Crippen molar-refractivity contribution in [3.05, 3.63) is 152 Å². The highest BCUT2D eigenvalue weighted by Gasteiger charge is 2.19. The van der Waals surface area contributed by atoms with Gasteiger partial charge in [-0.3, -0.25) is 0 Å². The van der Waals surface area contributed by atoms with E-state index in [0.717, 1.165) is 71.3 Å². The SMILES string of the molecule is c1ccc(-c2nc(-c3ccc4c(ccc5ccc6c(ccc7c8ccccc8oc76)c54)c3)nc(-c3cccc4oc5ccccc5c34)n2)cc1. The van der Waals surface area contributed by atoms with E-state index in [4.69, 9.17) is 23.8 Å². The van der Waals surface area contributed by atoms with E-state index in [1.165, 1.54) is 21.5 Å². The van der Waals surface area contributed by atoms with Crippen LogP contribution in [0.4, 0.5) is 0 Å². The van der Waals surface area contributed by atoms with Crippen molar-refractivity contribution in [2.75, 3.05) is 0 Å². The molecule has 0 radical (unpaired) electrons. The van der Waals surface area contributed by atoms with Crippen LogP contribution in [0.5, 0.6) is 0 Å². The number of benzene rings is 8. The number of furan rings is 2. The van der Waals surface area contributed by atoms with Crippen LogP contribution >= 0.6 is 0 Å². The lowest BCUT2D eigenvalue weighted by molar-refractivity contribution is 0.669. The largest absolute Gasteiger partial charge is 0.456 e. The Balaban J connectivity index is 1.13. The van der Waals surface area contributed by atoms with E-state index in [1.807, 2.05) is 72.8 Å². The minimum Gasteiger partial charge on any atom is -0.456 e. The number of hydrogen-bond donors (Lipinski definition) is 0. The second-order valence-electron chi connectivity index (χ2n) is 12.7. The Morgan fingerprint density at radius 1 is 0.340 bits per heavy atom. The highest BCUT2D eigenvalue weighted by Crippen LogP contribution is 2.40. The molecule has 8 aromatic carbocycles. The van der Waals surface area contributed by atoms with Crippen molar-refractivity contribution in [1.29, 1.82) is 0 Å². The molecular formula is C45H25N3O2. The summed E-state index contributed by atoms with van der Waals surface area (Å²) in [4.78, 5) is 15.2. The smallest absolute Gasteiger partial charge is 0.164 e. The van der Waals surface area contributed by atoms with Gasteiger partial charge in [0.1, 0.15) is 22.3 Å². The lowest BCUT2D eigenvalue weighted by Gasteiger charge is -2.11. The van der Waals surface area contributed by atoms with E-state index < -0.39 is 0 Å². The summed E-state index contributed by atoms with van der Waals surface area (Å²) in [5.41, 5.74) is 6.22. The lowest BCUT2D eigenvalue weighted by Crippen LogP contribution is -2.00. The highest BCUT2D eigenvalue weighted by atomic mass is 16.3. The van der Waals surface area contributed by atoms with Crippen molar-refractivity contribution >= 4 is 76.2 Å². The maximum Gasteiger partial charge on any atom is 0.164 e. The first-order valence-corrected chi connectivity index (χ1v) is 16.7. The molecule has 11 aromatic rings. The van der Waals surface area contributed by atoms with Crippen LogP contribution in [0.2, 0.25) is 0 Å². The van der Waals surface area contributed by atoms with Crippen LogP contribution in [0, 0.1) is 0 Å². The van der Waals surface area contributed by atoms with Crippen molar-refractivity contribution in [3.63, 3.8) is 0 Å². The van der Waals surface area contributed by atoms with E-state index in [-0.39, 0.29) is 0 Å². The van der Waals surface area contributed by atoms with E-state index >= 15 is 0 Å². The van der Waals surface area contributed by atoms with Gasteiger partial charge in [0, 0.05) is 43.6 Å². The van der Waals surface area contributed by atoms with Crippen LogP contribution < -0.4 is 0 Å². The average molecular weight is 640 g/mol. The normalized spacial score (nSPS) is 12.0. The molecule has 0 aliphatic rings. The Bertz CT molecular complexity index is 3160. The molecule has 0 saturated heterocycles. The molecule has 0 aliphatic heterocycles. The summed E-state index contributed by atoms with van der Waals surface area (Å²) in [6.45, 7) is 0. The number of hydrogen-bond acceptors (Lipinski definition) is 5. The summed E-state index contributed by atoms with van der Waals surface area (Å²) in [5, 5.41) is 11.2. The van der Waals surface area contributed by atoms with Gasteiger partial charge in [-0.25, -0.2) is 15.0 Å². The lowest BCUT2D eigenvalue weighted by atomic mass is 9.94. The molecule has 0 aliphatic carbocycles. The fourth-order valence-corrected chi connectivity index (χ4v) is 7.59. The summed E-state index contributed by atoms with van der Waals surface area (Å²) >= 11 is 0. The maximum absolute atomic E-state index is 6.42. The number of nitrogens with zero attached hydrogens (tertiary/aromatic N) is 3. The van der Waals surface area contributed by atoms with Crippen molar-refractivity contribution < 1.29 is 8.83 Å². The summed E-state index contributed by atoms with van der Waals surface area (Å²) in [6.07, 6.45) is 0. The number of para-hydroxylation sites is 2. The molecule has 5 heteroatoms. The van der Waals surface area contributed by atoms with Gasteiger partial charge >= 0.3 is 0 Å². The quantitative estimate of drug-likeness (QED) is 0.180. The molecule has 0 spiro atoms. The second-order valence-corrected chi connectivity index (χ2v) is 12.7. The van der Waals surface area contributed by atoms with Gasteiger partial charge in [0.25, 0.3) is 0 Å². The monoisotopic (exact) mass is 639 g/mol. The summed E-state index contributed by atoms with van der Waals surface area (Å²) in [7, 11) is 0. The molecule has 0 fully saturated rings. The molecule has 0 atom stereocenters. The zero-order valence-electron chi connectivity index (χ0n) is 26.6. The minimum absolute atomic E-state index is 0.602. The van der Waals surface area contributed by atoms with Gasteiger partial charge in [-0.1, -0.05) is 115 Å². The van der Waals surface area contributed by atoms with Gasteiger partial charge in [-0.2, -0.15) is 0 Å². The van der Waals surface area contributed by atoms with Crippen LogP contribution in [-0.4, -0.2) is 15.0 Å². The third kappa shape index (κ3) is 3.98. The van der Waals surface area contributed by atoms with Crippen molar-refractivity contribution in [2.24, 2.45) is 0 Å². The molecular weight excluding hydrogens is 615 g/mol. The van der Waals surface area contributed by atoms with Crippen LogP contribution in [0.3, 0.4) is 0 Å². The third-order valence-electron chi connectivity index (χ3n) is 9.91. The first-order valence-electron chi connectivity index (χ1n) is 16.7. The fourth-order valence-electron chi connectivity index (χ4n) is 7.59. The van der Waals surface area contributed by atoms with Gasteiger partial charge in [0.05, 0.1) is 0 Å². The highest BCUT2D eigenvalue weighted by molar-refractivity contribution is 6.26. The van der Waals surface area contributed by atoms with Crippen LogP contribution in [-0.2, 0) is 0 Å². The first-order chi connectivity index (χ1) is 24.8. The number of aromatic nitrogens is 3. The Morgan fingerprint density at radius 3 is 1.84 bits per heavy atom. The predicted molar refractivity (Wildman–Crippen MR) is 203 cm³/mol. The Labute approximate surface area is 285 Å². The van der Waals surface area contributed by atoms with Gasteiger partial charge in [0.15, 0.2) is 17.5 Å². The topological polar surface area (TPSA) is 65.0 Å². The van der Waals surface area contributed by atoms with Crippen molar-refractivity contribution in [1.82, 2.24) is 15.0 Å². The third-order valence-corrected chi connectivity index (χ3v) is 9.91. The Hall–Kier alpha value is -6.85. The number of rotatable bonds is 3.